The van der Waals surface area contributed by atoms with Gasteiger partial charge in [-0.3, -0.25) is 14.9 Å². The number of aromatic nitrogens is 1. The number of hydrogen-bond donors (Lipinski definition) is 2. The molecule has 19 heavy (non-hydrogen) atoms. The second-order valence-electron chi connectivity index (χ2n) is 4.62. The fraction of sp³-hybridized carbons (Fsp3) is 0.500. The number of anilines is 1. The van der Waals surface area contributed by atoms with Crippen LogP contribution in [-0.4, -0.2) is 21.9 Å². The van der Waals surface area contributed by atoms with Crippen molar-refractivity contribution in [3.63, 3.8) is 0 Å². The summed E-state index contributed by atoms with van der Waals surface area (Å²) in [7, 11) is 0. The average Bonchev–Trinajstić information content (AvgIpc) is 2.34. The molecule has 0 spiro atoms. The van der Waals surface area contributed by atoms with Crippen LogP contribution in [0.5, 0.6) is 0 Å². The number of carbonyl (C=O) groups excluding carboxylic acids is 1. The van der Waals surface area contributed by atoms with E-state index in [9.17, 15) is 14.9 Å². The van der Waals surface area contributed by atoms with Gasteiger partial charge < -0.3 is 11.1 Å². The molecule has 1 rings (SSSR count). The van der Waals surface area contributed by atoms with Crippen LogP contribution in [0.1, 0.15) is 37.6 Å². The van der Waals surface area contributed by atoms with Crippen LogP contribution in [0.15, 0.2) is 12.3 Å². The maximum absolute atomic E-state index is 12.1. The summed E-state index contributed by atoms with van der Waals surface area (Å²) in [6.07, 6.45) is 1.75. The zero-order valence-electron chi connectivity index (χ0n) is 11.2. The van der Waals surface area contributed by atoms with Gasteiger partial charge in [-0.1, -0.05) is 20.8 Å². The molecule has 7 nitrogen and oxygen atoms in total. The Balaban J connectivity index is 3.05. The third-order valence-electron chi connectivity index (χ3n) is 2.91. The number of nitrogens with zero attached hydrogens (tertiary/aromatic N) is 2. The Morgan fingerprint density at radius 1 is 1.58 bits per heavy atom. The van der Waals surface area contributed by atoms with Gasteiger partial charge in [0.05, 0.1) is 4.92 Å². The number of nitrogen functional groups attached to an aromatic ring is 1. The van der Waals surface area contributed by atoms with Gasteiger partial charge in [-0.15, -0.1) is 0 Å². The quantitative estimate of drug-likeness (QED) is 0.622. The molecule has 1 atom stereocenters. The minimum atomic E-state index is -0.641. The summed E-state index contributed by atoms with van der Waals surface area (Å²) in [4.78, 5) is 26.0. The summed E-state index contributed by atoms with van der Waals surface area (Å²) in [6.45, 7) is 5.90. The lowest BCUT2D eigenvalue weighted by atomic mass is 10.0. The van der Waals surface area contributed by atoms with Crippen LogP contribution in [0.25, 0.3) is 0 Å². The number of hydrogen-bond acceptors (Lipinski definition) is 5. The Kier molecular flexibility index (Phi) is 4.80. The number of nitrogens with one attached hydrogen (secondary N) is 1. The van der Waals surface area contributed by atoms with Gasteiger partial charge in [0.15, 0.2) is 0 Å². The molecule has 1 amide bonds. The highest BCUT2D eigenvalue weighted by molar-refractivity contribution is 5.98. The van der Waals surface area contributed by atoms with Crippen LogP contribution in [0, 0.1) is 16.0 Å². The van der Waals surface area contributed by atoms with Gasteiger partial charge in [-0.05, 0) is 18.4 Å². The summed E-state index contributed by atoms with van der Waals surface area (Å²) in [5, 5.41) is 13.6. The molecule has 0 radical (unpaired) electrons. The Hall–Kier alpha value is -2.18. The first-order chi connectivity index (χ1) is 8.86. The summed E-state index contributed by atoms with van der Waals surface area (Å²) >= 11 is 0. The smallest absolute Gasteiger partial charge is 0.300 e. The summed E-state index contributed by atoms with van der Waals surface area (Å²) in [5.41, 5.74) is 5.07. The van der Waals surface area contributed by atoms with Gasteiger partial charge in [0.25, 0.3) is 11.6 Å². The van der Waals surface area contributed by atoms with Crippen molar-refractivity contribution in [2.75, 3.05) is 5.73 Å². The van der Waals surface area contributed by atoms with Crippen LogP contribution in [0.3, 0.4) is 0 Å². The lowest BCUT2D eigenvalue weighted by Gasteiger charge is -2.20. The highest BCUT2D eigenvalue weighted by Crippen LogP contribution is 2.19. The molecule has 0 fully saturated rings. The fourth-order valence-electron chi connectivity index (χ4n) is 1.78. The third kappa shape index (κ3) is 3.64. The maximum atomic E-state index is 12.1. The number of amides is 1. The molecule has 3 N–H and O–H groups in total. The molecule has 0 aliphatic heterocycles. The van der Waals surface area contributed by atoms with E-state index in [2.05, 4.69) is 10.3 Å². The fourth-order valence-corrected chi connectivity index (χ4v) is 1.78. The Labute approximate surface area is 111 Å². The predicted octanol–water partition coefficient (Wildman–Crippen LogP) is 1.74. The van der Waals surface area contributed by atoms with E-state index < -0.39 is 10.8 Å². The number of carbonyl (C=O) groups is 1. The van der Waals surface area contributed by atoms with Crippen molar-refractivity contribution < 1.29 is 9.72 Å². The van der Waals surface area contributed by atoms with Crippen molar-refractivity contribution in [1.82, 2.24) is 10.3 Å². The molecular weight excluding hydrogens is 248 g/mol. The molecule has 1 unspecified atom stereocenters. The van der Waals surface area contributed by atoms with Gasteiger partial charge >= 0.3 is 0 Å². The standard InChI is InChI=1S/C12H18N4O3/c1-4-9(7(2)3)15-12(17)8-5-11(13)14-6-10(8)16(18)19/h5-7,9H,4H2,1-3H3,(H2,13,14)(H,15,17). The van der Waals surface area contributed by atoms with E-state index in [1.807, 2.05) is 20.8 Å². The number of nitro groups is 1. The summed E-state index contributed by atoms with van der Waals surface area (Å²) in [5.74, 6) is -0.179. The monoisotopic (exact) mass is 266 g/mol. The molecule has 0 aromatic carbocycles. The van der Waals surface area contributed by atoms with E-state index >= 15 is 0 Å². The second-order valence-corrected chi connectivity index (χ2v) is 4.62. The van der Waals surface area contributed by atoms with Crippen molar-refractivity contribution in [2.45, 2.75) is 33.2 Å². The maximum Gasteiger partial charge on any atom is 0.300 e. The minimum absolute atomic E-state index is 0.0403. The first-order valence-corrected chi connectivity index (χ1v) is 6.07. The van der Waals surface area contributed by atoms with E-state index in [0.29, 0.717) is 0 Å². The Morgan fingerprint density at radius 3 is 2.68 bits per heavy atom. The topological polar surface area (TPSA) is 111 Å². The van der Waals surface area contributed by atoms with Gasteiger partial charge in [0, 0.05) is 6.04 Å². The lowest BCUT2D eigenvalue weighted by Crippen LogP contribution is -2.38. The zero-order valence-corrected chi connectivity index (χ0v) is 11.2. The van der Waals surface area contributed by atoms with Crippen molar-refractivity contribution in [1.29, 1.82) is 0 Å². The molecule has 0 saturated heterocycles. The van der Waals surface area contributed by atoms with Crippen molar-refractivity contribution >= 4 is 17.4 Å². The van der Waals surface area contributed by atoms with Crippen molar-refractivity contribution in [3.05, 3.63) is 27.9 Å². The molecule has 0 bridgehead atoms. The molecule has 1 aromatic heterocycles. The molecule has 0 aliphatic carbocycles. The average molecular weight is 266 g/mol. The second kappa shape index (κ2) is 6.12. The van der Waals surface area contributed by atoms with Crippen LogP contribution >= 0.6 is 0 Å². The van der Waals surface area contributed by atoms with Crippen LogP contribution in [0.4, 0.5) is 11.5 Å². The minimum Gasteiger partial charge on any atom is -0.384 e. The number of nitrogens with two attached hydrogens (primary N) is 1. The Bertz CT molecular complexity index is 488. The highest BCUT2D eigenvalue weighted by atomic mass is 16.6. The van der Waals surface area contributed by atoms with Crippen LogP contribution in [-0.2, 0) is 0 Å². The molecule has 0 saturated carbocycles. The zero-order chi connectivity index (χ0) is 14.6. The van der Waals surface area contributed by atoms with Gasteiger partial charge in [-0.2, -0.15) is 0 Å². The molecule has 104 valence electrons. The summed E-state index contributed by atoms with van der Waals surface area (Å²) in [6, 6.07) is 1.18. The van der Waals surface area contributed by atoms with E-state index in [4.69, 9.17) is 5.73 Å². The normalized spacial score (nSPS) is 12.2. The summed E-state index contributed by atoms with van der Waals surface area (Å²) < 4.78 is 0. The molecule has 7 heteroatoms. The van der Waals surface area contributed by atoms with Crippen molar-refractivity contribution in [3.8, 4) is 0 Å². The van der Waals surface area contributed by atoms with E-state index in [1.165, 1.54) is 6.07 Å². The van der Waals surface area contributed by atoms with Gasteiger partial charge in [-0.25, -0.2) is 4.98 Å². The number of rotatable bonds is 5. The van der Waals surface area contributed by atoms with E-state index in [-0.39, 0.29) is 29.0 Å². The molecule has 1 aromatic rings. The third-order valence-corrected chi connectivity index (χ3v) is 2.91. The van der Waals surface area contributed by atoms with Gasteiger partial charge in [0.2, 0.25) is 0 Å². The van der Waals surface area contributed by atoms with Gasteiger partial charge in [0.1, 0.15) is 17.6 Å². The van der Waals surface area contributed by atoms with E-state index in [0.717, 1.165) is 12.6 Å². The molecular formula is C12H18N4O3. The lowest BCUT2D eigenvalue weighted by molar-refractivity contribution is -0.385. The molecule has 0 aliphatic rings. The van der Waals surface area contributed by atoms with Crippen LogP contribution in [0.2, 0.25) is 0 Å². The first-order valence-electron chi connectivity index (χ1n) is 6.07. The van der Waals surface area contributed by atoms with Crippen molar-refractivity contribution in [2.24, 2.45) is 5.92 Å². The Morgan fingerprint density at radius 2 is 2.21 bits per heavy atom. The van der Waals surface area contributed by atoms with E-state index in [1.54, 1.807) is 0 Å². The SMILES string of the molecule is CCC(NC(=O)c1cc(N)ncc1[N+](=O)[O-])C(C)C. The van der Waals surface area contributed by atoms with Crippen LogP contribution < -0.4 is 11.1 Å². The number of pyridine rings is 1. The first kappa shape index (κ1) is 14.9. The highest BCUT2D eigenvalue weighted by Gasteiger charge is 2.23. The predicted molar refractivity (Wildman–Crippen MR) is 71.7 cm³/mol. The molecule has 1 heterocycles. The largest absolute Gasteiger partial charge is 0.384 e.